The monoisotopic (exact) mass is 277 g/mol. The third-order valence-corrected chi connectivity index (χ3v) is 2.48. The average molecular weight is 278 g/mol. The van der Waals surface area contributed by atoms with E-state index in [1.54, 1.807) is 6.07 Å². The van der Waals surface area contributed by atoms with Gasteiger partial charge < -0.3 is 15.4 Å². The Morgan fingerprint density at radius 3 is 2.47 bits per heavy atom. The highest BCUT2D eigenvalue weighted by molar-refractivity contribution is 6.37. The second kappa shape index (κ2) is 6.51. The summed E-state index contributed by atoms with van der Waals surface area (Å²) in [6.07, 6.45) is 0. The molecule has 7 heteroatoms. The van der Waals surface area contributed by atoms with E-state index in [9.17, 15) is 4.79 Å². The van der Waals surface area contributed by atoms with Crippen LogP contribution in [0.4, 0.5) is 11.6 Å². The summed E-state index contributed by atoms with van der Waals surface area (Å²) in [5, 5.41) is 6.54. The molecule has 94 valence electrons. The fourth-order valence-electron chi connectivity index (χ4n) is 1.11. The van der Waals surface area contributed by atoms with Gasteiger partial charge in [-0.3, -0.25) is 4.79 Å². The number of carbonyl (C=O) groups is 1. The van der Waals surface area contributed by atoms with Crippen LogP contribution in [0, 0.1) is 0 Å². The maximum absolute atomic E-state index is 11.0. The second-order valence-electron chi connectivity index (χ2n) is 3.11. The molecule has 0 amide bonds. The van der Waals surface area contributed by atoms with Crippen LogP contribution in [-0.2, 0) is 9.53 Å². The zero-order valence-corrected chi connectivity index (χ0v) is 11.0. The van der Waals surface area contributed by atoms with Crippen molar-refractivity contribution in [2.24, 2.45) is 0 Å². The molecule has 0 spiro atoms. The van der Waals surface area contributed by atoms with Gasteiger partial charge in [0.25, 0.3) is 0 Å². The fourth-order valence-corrected chi connectivity index (χ4v) is 1.60. The van der Waals surface area contributed by atoms with Gasteiger partial charge in [-0.25, -0.2) is 4.98 Å². The number of methoxy groups -OCH3 is 1. The zero-order chi connectivity index (χ0) is 12.8. The number of anilines is 2. The number of ether oxygens (including phenoxy) is 1. The normalized spacial score (nSPS) is 9.88. The second-order valence-corrected chi connectivity index (χ2v) is 3.92. The van der Waals surface area contributed by atoms with Crippen molar-refractivity contribution in [3.05, 3.63) is 16.1 Å². The first kappa shape index (κ1) is 13.9. The Bertz CT molecular complexity index is 413. The summed E-state index contributed by atoms with van der Waals surface area (Å²) in [4.78, 5) is 15.2. The number of hydrogen-bond donors (Lipinski definition) is 2. The molecule has 0 aromatic carbocycles. The maximum atomic E-state index is 11.0. The SMILES string of the molecule is CCNc1nc(NCC(=O)OC)c(Cl)cc1Cl. The predicted octanol–water partition coefficient (Wildman–Crippen LogP) is 2.41. The Morgan fingerprint density at radius 1 is 1.35 bits per heavy atom. The summed E-state index contributed by atoms with van der Waals surface area (Å²) in [6.45, 7) is 2.61. The first-order chi connectivity index (χ1) is 8.08. The van der Waals surface area contributed by atoms with Crippen molar-refractivity contribution in [1.82, 2.24) is 4.98 Å². The average Bonchev–Trinajstić information content (AvgIpc) is 2.30. The van der Waals surface area contributed by atoms with Crippen molar-refractivity contribution < 1.29 is 9.53 Å². The van der Waals surface area contributed by atoms with Gasteiger partial charge in [0.2, 0.25) is 0 Å². The maximum Gasteiger partial charge on any atom is 0.325 e. The number of halogens is 2. The van der Waals surface area contributed by atoms with Crippen LogP contribution in [0.5, 0.6) is 0 Å². The largest absolute Gasteiger partial charge is 0.468 e. The van der Waals surface area contributed by atoms with E-state index in [2.05, 4.69) is 20.4 Å². The van der Waals surface area contributed by atoms with Crippen LogP contribution >= 0.6 is 23.2 Å². The minimum Gasteiger partial charge on any atom is -0.468 e. The lowest BCUT2D eigenvalue weighted by Crippen LogP contribution is -2.16. The first-order valence-electron chi connectivity index (χ1n) is 4.99. The Morgan fingerprint density at radius 2 is 1.94 bits per heavy atom. The number of nitrogens with zero attached hydrogens (tertiary/aromatic N) is 1. The predicted molar refractivity (Wildman–Crippen MR) is 68.9 cm³/mol. The van der Waals surface area contributed by atoms with E-state index in [1.165, 1.54) is 7.11 Å². The molecule has 0 saturated carbocycles. The Labute approximate surface area is 109 Å². The van der Waals surface area contributed by atoms with E-state index in [4.69, 9.17) is 23.2 Å². The van der Waals surface area contributed by atoms with Crippen LogP contribution in [0.25, 0.3) is 0 Å². The molecule has 1 aromatic heterocycles. The molecule has 0 aliphatic heterocycles. The summed E-state index contributed by atoms with van der Waals surface area (Å²) in [5.74, 6) is 0.506. The lowest BCUT2D eigenvalue weighted by atomic mass is 10.4. The fraction of sp³-hybridized carbons (Fsp3) is 0.400. The summed E-state index contributed by atoms with van der Waals surface area (Å²) in [6, 6.07) is 1.56. The lowest BCUT2D eigenvalue weighted by Gasteiger charge is -2.10. The van der Waals surface area contributed by atoms with Gasteiger partial charge >= 0.3 is 5.97 Å². The molecule has 0 radical (unpaired) electrons. The van der Waals surface area contributed by atoms with Gasteiger partial charge in [-0.05, 0) is 13.0 Å². The summed E-state index contributed by atoms with van der Waals surface area (Å²) in [5.41, 5.74) is 0. The molecule has 1 rings (SSSR count). The smallest absolute Gasteiger partial charge is 0.325 e. The van der Waals surface area contributed by atoms with Crippen LogP contribution in [0.15, 0.2) is 6.07 Å². The molecular formula is C10H13Cl2N3O2. The quantitative estimate of drug-likeness (QED) is 0.810. The van der Waals surface area contributed by atoms with Crippen molar-refractivity contribution in [3.8, 4) is 0 Å². The zero-order valence-electron chi connectivity index (χ0n) is 9.51. The van der Waals surface area contributed by atoms with Crippen molar-refractivity contribution in [2.75, 3.05) is 30.8 Å². The van der Waals surface area contributed by atoms with E-state index in [0.717, 1.165) is 0 Å². The van der Waals surface area contributed by atoms with Crippen LogP contribution in [0.1, 0.15) is 6.92 Å². The van der Waals surface area contributed by atoms with E-state index >= 15 is 0 Å². The molecule has 5 nitrogen and oxygen atoms in total. The third-order valence-electron chi connectivity index (χ3n) is 1.90. The van der Waals surface area contributed by atoms with Gasteiger partial charge in [-0.2, -0.15) is 0 Å². The van der Waals surface area contributed by atoms with Crippen LogP contribution in [0.2, 0.25) is 10.0 Å². The number of pyridine rings is 1. The molecule has 0 bridgehead atoms. The molecule has 0 atom stereocenters. The standard InChI is InChI=1S/C10H13Cl2N3O2/c1-3-13-9-6(11)4-7(12)10(15-9)14-5-8(16)17-2/h4H,3,5H2,1-2H3,(H2,13,14,15). The molecule has 0 fully saturated rings. The summed E-state index contributed by atoms with van der Waals surface area (Å²) in [7, 11) is 1.31. The highest BCUT2D eigenvalue weighted by atomic mass is 35.5. The van der Waals surface area contributed by atoms with E-state index in [-0.39, 0.29) is 6.54 Å². The van der Waals surface area contributed by atoms with Crippen molar-refractivity contribution in [3.63, 3.8) is 0 Å². The topological polar surface area (TPSA) is 63.2 Å². The van der Waals surface area contributed by atoms with E-state index in [1.807, 2.05) is 6.92 Å². The van der Waals surface area contributed by atoms with Gasteiger partial charge in [-0.1, -0.05) is 23.2 Å². The highest BCUT2D eigenvalue weighted by Crippen LogP contribution is 2.28. The Hall–Kier alpha value is -1.20. The minimum absolute atomic E-state index is 0.00355. The minimum atomic E-state index is -0.400. The molecule has 0 aliphatic rings. The highest BCUT2D eigenvalue weighted by Gasteiger charge is 2.10. The van der Waals surface area contributed by atoms with Gasteiger partial charge in [0.15, 0.2) is 0 Å². The van der Waals surface area contributed by atoms with Gasteiger partial charge in [0.1, 0.15) is 18.2 Å². The number of esters is 1. The molecule has 17 heavy (non-hydrogen) atoms. The molecule has 0 unspecified atom stereocenters. The van der Waals surface area contributed by atoms with Crippen molar-refractivity contribution >= 4 is 40.8 Å². The van der Waals surface area contributed by atoms with Crippen molar-refractivity contribution in [1.29, 1.82) is 0 Å². The van der Waals surface area contributed by atoms with Gasteiger partial charge in [0, 0.05) is 6.54 Å². The van der Waals surface area contributed by atoms with E-state index in [0.29, 0.717) is 28.2 Å². The molecule has 1 heterocycles. The molecule has 0 saturated heterocycles. The summed E-state index contributed by atoms with van der Waals surface area (Å²) >= 11 is 11.9. The summed E-state index contributed by atoms with van der Waals surface area (Å²) < 4.78 is 4.50. The third kappa shape index (κ3) is 3.94. The Kier molecular flexibility index (Phi) is 5.31. The number of carbonyl (C=O) groups excluding carboxylic acids is 1. The number of aromatic nitrogens is 1. The number of nitrogens with one attached hydrogen (secondary N) is 2. The Balaban J connectivity index is 2.83. The molecule has 0 aliphatic carbocycles. The van der Waals surface area contributed by atoms with Gasteiger partial charge in [0.05, 0.1) is 17.2 Å². The molecule has 2 N–H and O–H groups in total. The van der Waals surface area contributed by atoms with Gasteiger partial charge in [-0.15, -0.1) is 0 Å². The van der Waals surface area contributed by atoms with Crippen LogP contribution in [-0.4, -0.2) is 31.2 Å². The van der Waals surface area contributed by atoms with Crippen LogP contribution in [0.3, 0.4) is 0 Å². The van der Waals surface area contributed by atoms with Crippen molar-refractivity contribution in [2.45, 2.75) is 6.92 Å². The first-order valence-corrected chi connectivity index (χ1v) is 5.74. The molecule has 1 aromatic rings. The van der Waals surface area contributed by atoms with E-state index < -0.39 is 5.97 Å². The van der Waals surface area contributed by atoms with Crippen LogP contribution < -0.4 is 10.6 Å². The lowest BCUT2D eigenvalue weighted by molar-refractivity contribution is -0.138. The molecular weight excluding hydrogens is 265 g/mol. The number of hydrogen-bond acceptors (Lipinski definition) is 5. The number of rotatable bonds is 5.